The summed E-state index contributed by atoms with van der Waals surface area (Å²) in [5.41, 5.74) is 7.93. The summed E-state index contributed by atoms with van der Waals surface area (Å²) in [6.07, 6.45) is -1.49. The average molecular weight is 428 g/mol. The number of anilines is 2. The van der Waals surface area contributed by atoms with E-state index in [1.54, 1.807) is 23.7 Å². The molecule has 0 saturated carbocycles. The highest BCUT2D eigenvalue weighted by Gasteiger charge is 2.33. The summed E-state index contributed by atoms with van der Waals surface area (Å²) in [6.45, 7) is 2.04. The molecule has 0 aliphatic carbocycles. The standard InChI is InChI=1S/C20H15F3N6O2/c1-10-17-18(24)27-13-8-25-12(7-15(13)29(17)9-26-10)19(30)28-4-5-31-16-6-11(20(21,22)23)2-3-14(16)28/h2-3,6-9H,4-5H2,1H3,(H2,24,27). The van der Waals surface area contributed by atoms with Crippen molar-refractivity contribution in [1.82, 2.24) is 19.4 Å². The highest BCUT2D eigenvalue weighted by atomic mass is 19.4. The lowest BCUT2D eigenvalue weighted by molar-refractivity contribution is -0.137. The maximum absolute atomic E-state index is 13.2. The minimum Gasteiger partial charge on any atom is -0.490 e. The van der Waals surface area contributed by atoms with Crippen LogP contribution in [-0.2, 0) is 6.18 Å². The molecule has 0 fully saturated rings. The number of aromatic nitrogens is 4. The lowest BCUT2D eigenvalue weighted by Gasteiger charge is -2.29. The third-order valence-electron chi connectivity index (χ3n) is 5.17. The van der Waals surface area contributed by atoms with E-state index in [-0.39, 0.29) is 30.3 Å². The van der Waals surface area contributed by atoms with Gasteiger partial charge in [-0.2, -0.15) is 13.2 Å². The molecule has 1 aliphatic rings. The fraction of sp³-hybridized carbons (Fsp3) is 0.200. The van der Waals surface area contributed by atoms with E-state index in [4.69, 9.17) is 10.5 Å². The van der Waals surface area contributed by atoms with Crippen LogP contribution < -0.4 is 15.4 Å². The van der Waals surface area contributed by atoms with Crippen molar-refractivity contribution >= 4 is 34.0 Å². The highest BCUT2D eigenvalue weighted by Crippen LogP contribution is 2.38. The quantitative estimate of drug-likeness (QED) is 0.500. The molecule has 1 amide bonds. The Labute approximate surface area is 173 Å². The molecule has 0 unspecified atom stereocenters. The van der Waals surface area contributed by atoms with Crippen molar-refractivity contribution in [2.24, 2.45) is 0 Å². The van der Waals surface area contributed by atoms with Gasteiger partial charge < -0.3 is 15.4 Å². The molecule has 0 spiro atoms. The number of hydrogen-bond acceptors (Lipinski definition) is 6. The summed E-state index contributed by atoms with van der Waals surface area (Å²) in [5, 5.41) is 0. The lowest BCUT2D eigenvalue weighted by Crippen LogP contribution is -2.38. The van der Waals surface area contributed by atoms with Gasteiger partial charge in [-0.15, -0.1) is 0 Å². The van der Waals surface area contributed by atoms with Crippen LogP contribution in [0, 0.1) is 6.92 Å². The highest BCUT2D eigenvalue weighted by molar-refractivity contribution is 6.07. The zero-order valence-corrected chi connectivity index (χ0v) is 16.1. The van der Waals surface area contributed by atoms with Gasteiger partial charge in [0.25, 0.3) is 5.91 Å². The molecule has 4 heterocycles. The Morgan fingerprint density at radius 1 is 1.23 bits per heavy atom. The number of amides is 1. The summed E-state index contributed by atoms with van der Waals surface area (Å²) >= 11 is 0. The van der Waals surface area contributed by atoms with Gasteiger partial charge in [0.2, 0.25) is 0 Å². The Balaban J connectivity index is 1.58. The summed E-state index contributed by atoms with van der Waals surface area (Å²) in [5.74, 6) is -0.170. The van der Waals surface area contributed by atoms with Crippen molar-refractivity contribution in [2.45, 2.75) is 13.1 Å². The molecule has 0 atom stereocenters. The Bertz CT molecular complexity index is 1360. The van der Waals surface area contributed by atoms with E-state index in [1.807, 2.05) is 0 Å². The SMILES string of the molecule is Cc1ncn2c1c(N)nc1cnc(C(=O)N3CCOc4cc(C(F)(F)F)ccc43)cc12. The number of imidazole rings is 1. The zero-order valence-electron chi connectivity index (χ0n) is 16.1. The molecule has 3 aromatic heterocycles. The van der Waals surface area contributed by atoms with Crippen molar-refractivity contribution in [2.75, 3.05) is 23.8 Å². The minimum absolute atomic E-state index is 0.00252. The number of pyridine rings is 1. The number of hydrogen-bond donors (Lipinski definition) is 1. The van der Waals surface area contributed by atoms with E-state index in [2.05, 4.69) is 15.0 Å². The first-order valence-electron chi connectivity index (χ1n) is 9.29. The predicted molar refractivity (Wildman–Crippen MR) is 106 cm³/mol. The summed E-state index contributed by atoms with van der Waals surface area (Å²) in [6, 6.07) is 4.62. The minimum atomic E-state index is -4.51. The van der Waals surface area contributed by atoms with E-state index >= 15 is 0 Å². The van der Waals surface area contributed by atoms with Crippen molar-refractivity contribution in [3.63, 3.8) is 0 Å². The molecular weight excluding hydrogens is 413 g/mol. The molecular formula is C20H15F3N6O2. The van der Waals surface area contributed by atoms with Gasteiger partial charge in [-0.05, 0) is 31.2 Å². The molecule has 1 aromatic carbocycles. The number of fused-ring (bicyclic) bond motifs is 4. The molecule has 8 nitrogen and oxygen atoms in total. The molecule has 2 N–H and O–H groups in total. The first kappa shape index (κ1) is 19.1. The van der Waals surface area contributed by atoms with Crippen LogP contribution in [-0.4, -0.2) is 38.4 Å². The monoisotopic (exact) mass is 428 g/mol. The second-order valence-corrected chi connectivity index (χ2v) is 7.09. The lowest BCUT2D eigenvalue weighted by atomic mass is 10.1. The zero-order chi connectivity index (χ0) is 21.9. The van der Waals surface area contributed by atoms with Crippen LogP contribution in [0.25, 0.3) is 16.6 Å². The Morgan fingerprint density at radius 2 is 2.03 bits per heavy atom. The van der Waals surface area contributed by atoms with Gasteiger partial charge in [-0.1, -0.05) is 0 Å². The van der Waals surface area contributed by atoms with Gasteiger partial charge in [0.05, 0.1) is 35.2 Å². The number of alkyl halides is 3. The van der Waals surface area contributed by atoms with Gasteiger partial charge in [-0.25, -0.2) is 15.0 Å². The van der Waals surface area contributed by atoms with Crippen molar-refractivity contribution < 1.29 is 22.7 Å². The van der Waals surface area contributed by atoms with Gasteiger partial charge in [0.1, 0.15) is 35.4 Å². The van der Waals surface area contributed by atoms with Crippen LogP contribution in [0.2, 0.25) is 0 Å². The molecule has 1 aliphatic heterocycles. The second kappa shape index (κ2) is 6.56. The molecule has 0 saturated heterocycles. The van der Waals surface area contributed by atoms with Crippen LogP contribution >= 0.6 is 0 Å². The molecule has 4 aromatic rings. The number of benzene rings is 1. The van der Waals surface area contributed by atoms with Crippen LogP contribution in [0.1, 0.15) is 21.7 Å². The normalized spacial score (nSPS) is 14.0. The summed E-state index contributed by atoms with van der Waals surface area (Å²) < 4.78 is 46.1. The number of carbonyl (C=O) groups is 1. The molecule has 158 valence electrons. The van der Waals surface area contributed by atoms with Gasteiger partial charge in [-0.3, -0.25) is 9.20 Å². The first-order chi connectivity index (χ1) is 14.7. The predicted octanol–water partition coefficient (Wildman–Crippen LogP) is 3.23. The first-order valence-corrected chi connectivity index (χ1v) is 9.29. The Hall–Kier alpha value is -3.89. The number of nitrogen functional groups attached to an aromatic ring is 1. The number of nitrogens with zero attached hydrogens (tertiary/aromatic N) is 5. The van der Waals surface area contributed by atoms with Crippen molar-refractivity contribution in [1.29, 1.82) is 0 Å². The molecule has 0 radical (unpaired) electrons. The third-order valence-corrected chi connectivity index (χ3v) is 5.17. The molecule has 0 bridgehead atoms. The van der Waals surface area contributed by atoms with Gasteiger partial charge >= 0.3 is 6.18 Å². The van der Waals surface area contributed by atoms with Crippen LogP contribution in [0.5, 0.6) is 5.75 Å². The van der Waals surface area contributed by atoms with E-state index < -0.39 is 17.6 Å². The Kier molecular flexibility index (Phi) is 4.04. The maximum Gasteiger partial charge on any atom is 0.416 e. The number of halogens is 3. The number of ether oxygens (including phenoxy) is 1. The number of nitrogens with two attached hydrogens (primary N) is 1. The van der Waals surface area contributed by atoms with Crippen LogP contribution in [0.3, 0.4) is 0 Å². The number of carbonyl (C=O) groups excluding carboxylic acids is 1. The summed E-state index contributed by atoms with van der Waals surface area (Å²) in [7, 11) is 0. The smallest absolute Gasteiger partial charge is 0.416 e. The van der Waals surface area contributed by atoms with Crippen LogP contribution in [0.15, 0.2) is 36.8 Å². The molecule has 31 heavy (non-hydrogen) atoms. The third kappa shape index (κ3) is 3.00. The molecule has 11 heteroatoms. The van der Waals surface area contributed by atoms with Gasteiger partial charge in [0, 0.05) is 0 Å². The van der Waals surface area contributed by atoms with E-state index in [1.165, 1.54) is 17.2 Å². The average Bonchev–Trinajstić information content (AvgIpc) is 3.14. The number of rotatable bonds is 1. The second-order valence-electron chi connectivity index (χ2n) is 7.09. The topological polar surface area (TPSA) is 98.6 Å². The van der Waals surface area contributed by atoms with Crippen molar-refractivity contribution in [3.8, 4) is 5.75 Å². The largest absolute Gasteiger partial charge is 0.490 e. The van der Waals surface area contributed by atoms with E-state index in [0.29, 0.717) is 28.1 Å². The van der Waals surface area contributed by atoms with Gasteiger partial charge in [0.15, 0.2) is 5.82 Å². The molecule has 5 rings (SSSR count). The number of aryl methyl sites for hydroxylation is 1. The van der Waals surface area contributed by atoms with Crippen molar-refractivity contribution in [3.05, 3.63) is 53.7 Å². The van der Waals surface area contributed by atoms with E-state index in [0.717, 1.165) is 12.1 Å². The van der Waals surface area contributed by atoms with E-state index in [9.17, 15) is 18.0 Å². The fourth-order valence-corrected chi connectivity index (χ4v) is 3.69. The Morgan fingerprint density at radius 3 is 2.81 bits per heavy atom. The fourth-order valence-electron chi connectivity index (χ4n) is 3.69. The van der Waals surface area contributed by atoms with Crippen LogP contribution in [0.4, 0.5) is 24.7 Å². The summed E-state index contributed by atoms with van der Waals surface area (Å²) in [4.78, 5) is 27.3. The maximum atomic E-state index is 13.2.